The van der Waals surface area contributed by atoms with Gasteiger partial charge in [0, 0.05) is 12.1 Å². The third kappa shape index (κ3) is 2.82. The summed E-state index contributed by atoms with van der Waals surface area (Å²) in [5.74, 6) is -2.25. The molecule has 0 fully saturated rings. The van der Waals surface area contributed by atoms with Crippen molar-refractivity contribution in [3.8, 4) is 11.1 Å². The van der Waals surface area contributed by atoms with Crippen LogP contribution in [0.5, 0.6) is 0 Å². The zero-order chi connectivity index (χ0) is 14.0. The van der Waals surface area contributed by atoms with Crippen molar-refractivity contribution in [2.45, 2.75) is 6.54 Å². The number of rotatable bonds is 3. The highest BCUT2D eigenvalue weighted by atomic mass is 79.9. The van der Waals surface area contributed by atoms with E-state index in [1.54, 1.807) is 13.1 Å². The minimum atomic E-state index is -0.805. The first-order chi connectivity index (χ1) is 9.04. The van der Waals surface area contributed by atoms with E-state index in [2.05, 4.69) is 21.2 Å². The van der Waals surface area contributed by atoms with Gasteiger partial charge in [-0.15, -0.1) is 0 Å². The molecule has 0 aliphatic rings. The zero-order valence-electron chi connectivity index (χ0n) is 10.1. The average molecular weight is 330 g/mol. The van der Waals surface area contributed by atoms with Crippen LogP contribution in [0.2, 0.25) is 0 Å². The van der Waals surface area contributed by atoms with E-state index in [0.29, 0.717) is 6.54 Å². The molecule has 2 aromatic rings. The molecule has 0 radical (unpaired) electrons. The Morgan fingerprint density at radius 2 is 1.74 bits per heavy atom. The molecule has 19 heavy (non-hydrogen) atoms. The van der Waals surface area contributed by atoms with Gasteiger partial charge in [-0.2, -0.15) is 0 Å². The molecule has 0 aromatic heterocycles. The van der Waals surface area contributed by atoms with Crippen molar-refractivity contribution >= 4 is 15.9 Å². The van der Waals surface area contributed by atoms with Crippen LogP contribution in [0.1, 0.15) is 5.56 Å². The Kier molecular flexibility index (Phi) is 4.27. The van der Waals surface area contributed by atoms with Crippen LogP contribution in [-0.4, -0.2) is 7.05 Å². The monoisotopic (exact) mass is 329 g/mol. The Hall–Kier alpha value is -1.33. The molecule has 100 valence electrons. The predicted molar refractivity (Wildman–Crippen MR) is 72.2 cm³/mol. The molecule has 0 unspecified atom stereocenters. The summed E-state index contributed by atoms with van der Waals surface area (Å²) in [6.07, 6.45) is 0. The largest absolute Gasteiger partial charge is 0.316 e. The maximum atomic E-state index is 14.0. The fourth-order valence-electron chi connectivity index (χ4n) is 1.85. The van der Waals surface area contributed by atoms with Crippen LogP contribution in [0.3, 0.4) is 0 Å². The molecule has 0 atom stereocenters. The SMILES string of the molecule is CNCc1ccc(F)c(-c2c(F)ccc(Br)c2F)c1. The summed E-state index contributed by atoms with van der Waals surface area (Å²) in [6, 6.07) is 6.58. The Labute approximate surface area is 117 Å². The van der Waals surface area contributed by atoms with Crippen molar-refractivity contribution in [3.05, 3.63) is 57.8 Å². The second kappa shape index (κ2) is 5.75. The Morgan fingerprint density at radius 3 is 2.42 bits per heavy atom. The van der Waals surface area contributed by atoms with Gasteiger partial charge in [-0.3, -0.25) is 0 Å². The van der Waals surface area contributed by atoms with E-state index in [1.165, 1.54) is 18.2 Å². The van der Waals surface area contributed by atoms with Crippen LogP contribution in [0.15, 0.2) is 34.8 Å². The third-order valence-corrected chi connectivity index (χ3v) is 3.34. The number of nitrogens with one attached hydrogen (secondary N) is 1. The molecule has 0 amide bonds. The smallest absolute Gasteiger partial charge is 0.148 e. The maximum absolute atomic E-state index is 14.0. The topological polar surface area (TPSA) is 12.0 Å². The lowest BCUT2D eigenvalue weighted by Gasteiger charge is -2.10. The van der Waals surface area contributed by atoms with Crippen molar-refractivity contribution in [3.63, 3.8) is 0 Å². The van der Waals surface area contributed by atoms with Gasteiger partial charge < -0.3 is 5.32 Å². The second-order valence-corrected chi connectivity index (χ2v) is 4.92. The van der Waals surface area contributed by atoms with Crippen molar-refractivity contribution < 1.29 is 13.2 Å². The molecule has 0 heterocycles. The lowest BCUT2D eigenvalue weighted by Crippen LogP contribution is -2.05. The summed E-state index contributed by atoms with van der Waals surface area (Å²) in [5.41, 5.74) is 0.312. The van der Waals surface area contributed by atoms with Gasteiger partial charge >= 0.3 is 0 Å². The van der Waals surface area contributed by atoms with Gasteiger partial charge in [0.1, 0.15) is 17.5 Å². The van der Waals surface area contributed by atoms with Crippen molar-refractivity contribution in [2.24, 2.45) is 0 Å². The summed E-state index contributed by atoms with van der Waals surface area (Å²) in [6.45, 7) is 0.491. The minimum Gasteiger partial charge on any atom is -0.316 e. The van der Waals surface area contributed by atoms with Crippen LogP contribution in [0.4, 0.5) is 13.2 Å². The highest BCUT2D eigenvalue weighted by Gasteiger charge is 2.18. The molecule has 0 saturated carbocycles. The van der Waals surface area contributed by atoms with Crippen LogP contribution in [0, 0.1) is 17.5 Å². The summed E-state index contributed by atoms with van der Waals surface area (Å²) in [5, 5.41) is 2.90. The number of hydrogen-bond acceptors (Lipinski definition) is 1. The highest BCUT2D eigenvalue weighted by Crippen LogP contribution is 2.32. The lowest BCUT2D eigenvalue weighted by molar-refractivity contribution is 0.578. The third-order valence-electron chi connectivity index (χ3n) is 2.73. The fourth-order valence-corrected chi connectivity index (χ4v) is 2.18. The standard InChI is InChI=1S/C14H11BrF3N/c1-19-7-8-2-4-11(16)9(6-8)13-12(17)5-3-10(15)14(13)18/h2-6,19H,7H2,1H3. The van der Waals surface area contributed by atoms with Crippen molar-refractivity contribution in [1.82, 2.24) is 5.32 Å². The molecule has 1 nitrogen and oxygen atoms in total. The van der Waals surface area contributed by atoms with Gasteiger partial charge in [0.2, 0.25) is 0 Å². The summed E-state index contributed by atoms with van der Waals surface area (Å²) >= 11 is 2.97. The zero-order valence-corrected chi connectivity index (χ0v) is 11.7. The van der Waals surface area contributed by atoms with Gasteiger partial charge in [-0.25, -0.2) is 13.2 Å². The van der Waals surface area contributed by atoms with Gasteiger partial charge in [0.15, 0.2) is 0 Å². The van der Waals surface area contributed by atoms with E-state index in [9.17, 15) is 13.2 Å². The molecule has 0 aliphatic heterocycles. The van der Waals surface area contributed by atoms with Crippen LogP contribution in [-0.2, 0) is 6.54 Å². The van der Waals surface area contributed by atoms with Crippen LogP contribution < -0.4 is 5.32 Å². The highest BCUT2D eigenvalue weighted by molar-refractivity contribution is 9.10. The first-order valence-electron chi connectivity index (χ1n) is 5.61. The predicted octanol–water partition coefficient (Wildman–Crippen LogP) is 4.25. The first-order valence-corrected chi connectivity index (χ1v) is 6.40. The summed E-state index contributed by atoms with van der Waals surface area (Å²) in [7, 11) is 1.74. The van der Waals surface area contributed by atoms with Gasteiger partial charge in [-0.1, -0.05) is 6.07 Å². The first kappa shape index (κ1) is 14.1. The molecule has 0 bridgehead atoms. The molecule has 2 aromatic carbocycles. The fraction of sp³-hybridized carbons (Fsp3) is 0.143. The second-order valence-electron chi connectivity index (χ2n) is 4.06. The van der Waals surface area contributed by atoms with E-state index in [1.807, 2.05) is 0 Å². The maximum Gasteiger partial charge on any atom is 0.148 e. The lowest BCUT2D eigenvalue weighted by atomic mass is 10.0. The Balaban J connectivity index is 2.64. The van der Waals surface area contributed by atoms with E-state index < -0.39 is 17.5 Å². The van der Waals surface area contributed by atoms with E-state index >= 15 is 0 Å². The molecule has 2 rings (SSSR count). The minimum absolute atomic E-state index is 0.0796. The normalized spacial score (nSPS) is 10.8. The number of halogens is 4. The van der Waals surface area contributed by atoms with Crippen LogP contribution in [0.25, 0.3) is 11.1 Å². The average Bonchev–Trinajstić information content (AvgIpc) is 2.38. The quantitative estimate of drug-likeness (QED) is 0.830. The molecular formula is C14H11BrF3N. The Morgan fingerprint density at radius 1 is 1.05 bits per heavy atom. The molecule has 0 saturated heterocycles. The van der Waals surface area contributed by atoms with Gasteiger partial charge in [0.25, 0.3) is 0 Å². The molecule has 0 aliphatic carbocycles. The Bertz CT molecular complexity index is 614. The molecule has 0 spiro atoms. The van der Waals surface area contributed by atoms with Crippen molar-refractivity contribution in [1.29, 1.82) is 0 Å². The molecule has 1 N–H and O–H groups in total. The van der Waals surface area contributed by atoms with Crippen molar-refractivity contribution in [2.75, 3.05) is 7.05 Å². The van der Waals surface area contributed by atoms with E-state index in [0.717, 1.165) is 11.6 Å². The number of benzene rings is 2. The summed E-state index contributed by atoms with van der Waals surface area (Å²) < 4.78 is 41.7. The van der Waals surface area contributed by atoms with E-state index in [4.69, 9.17) is 0 Å². The molecular weight excluding hydrogens is 319 g/mol. The van der Waals surface area contributed by atoms with E-state index in [-0.39, 0.29) is 15.6 Å². The van der Waals surface area contributed by atoms with Crippen LogP contribution >= 0.6 is 15.9 Å². The number of hydrogen-bond donors (Lipinski definition) is 1. The summed E-state index contributed by atoms with van der Waals surface area (Å²) in [4.78, 5) is 0. The molecule has 5 heteroatoms. The van der Waals surface area contributed by atoms with Gasteiger partial charge in [-0.05, 0) is 52.8 Å². The van der Waals surface area contributed by atoms with Gasteiger partial charge in [0.05, 0.1) is 10.0 Å².